The number of aromatic nitrogens is 1. The van der Waals surface area contributed by atoms with Crippen LogP contribution in [0.5, 0.6) is 0 Å². The van der Waals surface area contributed by atoms with Gasteiger partial charge < -0.3 is 4.57 Å². The van der Waals surface area contributed by atoms with Gasteiger partial charge in [0.15, 0.2) is 0 Å². The number of unbranched alkanes of at least 4 members (excludes halogenated alkanes) is 9. The van der Waals surface area contributed by atoms with E-state index >= 15 is 0 Å². The highest BCUT2D eigenvalue weighted by Gasteiger charge is 1.98. The van der Waals surface area contributed by atoms with E-state index in [2.05, 4.69) is 36.7 Å². The van der Waals surface area contributed by atoms with Gasteiger partial charge in [-0.3, -0.25) is 0 Å². The molecule has 2 heteroatoms. The van der Waals surface area contributed by atoms with Crippen LogP contribution in [0.2, 0.25) is 0 Å². The van der Waals surface area contributed by atoms with Crippen molar-refractivity contribution < 1.29 is 0 Å². The Bertz CT molecular complexity index is 306. The van der Waals surface area contributed by atoms with Crippen molar-refractivity contribution >= 4 is 12.4 Å². The van der Waals surface area contributed by atoms with Crippen molar-refractivity contribution in [2.75, 3.05) is 0 Å². The van der Waals surface area contributed by atoms with E-state index < -0.39 is 0 Å². The Labute approximate surface area is 132 Å². The second kappa shape index (κ2) is 13.5. The molecule has 0 saturated carbocycles. The van der Waals surface area contributed by atoms with Crippen molar-refractivity contribution in [1.29, 1.82) is 0 Å². The van der Waals surface area contributed by atoms with Crippen molar-refractivity contribution in [1.82, 2.24) is 4.57 Å². The zero-order chi connectivity index (χ0) is 13.8. The first-order chi connectivity index (χ1) is 9.38. The van der Waals surface area contributed by atoms with E-state index in [1.165, 1.54) is 76.4 Å². The lowest BCUT2D eigenvalue weighted by atomic mass is 10.1. The van der Waals surface area contributed by atoms with E-state index in [9.17, 15) is 0 Å². The smallest absolute Gasteiger partial charge is 0.0222 e. The highest BCUT2D eigenvalue weighted by molar-refractivity contribution is 5.85. The highest BCUT2D eigenvalue weighted by Crippen LogP contribution is 2.11. The molecule has 0 spiro atoms. The number of hydrogen-bond acceptors (Lipinski definition) is 0. The van der Waals surface area contributed by atoms with E-state index in [0.717, 1.165) is 6.42 Å². The average Bonchev–Trinajstić information content (AvgIpc) is 2.88. The first kappa shape index (κ1) is 19.6. The maximum Gasteiger partial charge on any atom is 0.0222 e. The van der Waals surface area contributed by atoms with E-state index in [-0.39, 0.29) is 12.4 Å². The Hall–Kier alpha value is -0.430. The summed E-state index contributed by atoms with van der Waals surface area (Å²) in [7, 11) is 0. The second-order valence-corrected chi connectivity index (χ2v) is 5.73. The van der Waals surface area contributed by atoms with Gasteiger partial charge in [0.1, 0.15) is 0 Å². The Morgan fingerprint density at radius 3 is 1.90 bits per heavy atom. The molecule has 0 aliphatic carbocycles. The number of rotatable bonds is 12. The third-order valence-electron chi connectivity index (χ3n) is 4.04. The minimum absolute atomic E-state index is 0. The summed E-state index contributed by atoms with van der Waals surface area (Å²) in [6.07, 6.45) is 17.6. The molecule has 0 fully saturated rings. The van der Waals surface area contributed by atoms with E-state index in [4.69, 9.17) is 0 Å². The molecule has 1 aromatic heterocycles. The first-order valence-electron chi connectivity index (χ1n) is 8.52. The fourth-order valence-electron chi connectivity index (χ4n) is 2.76. The number of nitrogens with zero attached hydrogens (tertiary/aromatic N) is 1. The molecule has 0 aliphatic rings. The fourth-order valence-corrected chi connectivity index (χ4v) is 2.76. The Kier molecular flexibility index (Phi) is 13.3. The molecule has 0 bridgehead atoms. The lowest BCUT2D eigenvalue weighted by Crippen LogP contribution is -2.00. The third kappa shape index (κ3) is 8.68. The maximum atomic E-state index is 2.42. The molecule has 0 saturated heterocycles. The van der Waals surface area contributed by atoms with Crippen LogP contribution in [0.25, 0.3) is 0 Å². The summed E-state index contributed by atoms with van der Waals surface area (Å²) >= 11 is 0. The van der Waals surface area contributed by atoms with Crippen LogP contribution in [0.1, 0.15) is 83.7 Å². The van der Waals surface area contributed by atoms with Crippen LogP contribution in [0.3, 0.4) is 0 Å². The molecule has 0 N–H and O–H groups in total. The third-order valence-corrected chi connectivity index (χ3v) is 4.04. The maximum absolute atomic E-state index is 2.42. The lowest BCUT2D eigenvalue weighted by Gasteiger charge is -2.07. The van der Waals surface area contributed by atoms with Gasteiger partial charge >= 0.3 is 0 Å². The van der Waals surface area contributed by atoms with Gasteiger partial charge in [0.2, 0.25) is 0 Å². The Morgan fingerprint density at radius 2 is 1.35 bits per heavy atom. The van der Waals surface area contributed by atoms with Gasteiger partial charge in [0, 0.05) is 18.4 Å². The number of aryl methyl sites for hydroxylation is 2. The van der Waals surface area contributed by atoms with Gasteiger partial charge in [-0.2, -0.15) is 0 Å². The molecular formula is C18H34ClN. The molecule has 0 aliphatic heterocycles. The summed E-state index contributed by atoms with van der Waals surface area (Å²) in [5.74, 6) is 0. The first-order valence-corrected chi connectivity index (χ1v) is 8.52. The second-order valence-electron chi connectivity index (χ2n) is 5.73. The summed E-state index contributed by atoms with van der Waals surface area (Å²) < 4.78 is 2.42. The van der Waals surface area contributed by atoms with Crippen molar-refractivity contribution in [2.24, 2.45) is 0 Å². The Balaban J connectivity index is 0.00000361. The van der Waals surface area contributed by atoms with Crippen LogP contribution in [0, 0.1) is 0 Å². The minimum atomic E-state index is 0. The molecule has 0 amide bonds. The normalized spacial score (nSPS) is 10.5. The molecule has 0 unspecified atom stereocenters. The molecule has 1 heterocycles. The largest absolute Gasteiger partial charge is 0.351 e. The van der Waals surface area contributed by atoms with Gasteiger partial charge in [0.25, 0.3) is 0 Å². The standard InChI is InChI=1S/C18H33N.ClH/c1-3-5-6-7-8-9-10-11-12-13-16-19-17-14-15-18(19)4-2;/h14-15,17H,3-13,16H2,1-2H3;1H. The molecule has 0 atom stereocenters. The summed E-state index contributed by atoms with van der Waals surface area (Å²) in [6.45, 7) is 5.74. The van der Waals surface area contributed by atoms with E-state index in [1.54, 1.807) is 0 Å². The SMILES string of the molecule is CCCCCCCCCCCCn1cccc1CC.Cl. The predicted molar refractivity (Wildman–Crippen MR) is 92.9 cm³/mol. The average molecular weight is 300 g/mol. The van der Waals surface area contributed by atoms with Crippen molar-refractivity contribution in [3.63, 3.8) is 0 Å². The molecule has 0 radical (unpaired) electrons. The number of halogens is 1. The van der Waals surface area contributed by atoms with Crippen LogP contribution in [-0.4, -0.2) is 4.57 Å². The highest BCUT2D eigenvalue weighted by atomic mass is 35.5. The van der Waals surface area contributed by atoms with Crippen molar-refractivity contribution in [3.05, 3.63) is 24.0 Å². The Morgan fingerprint density at radius 1 is 0.800 bits per heavy atom. The summed E-state index contributed by atoms with van der Waals surface area (Å²) in [5, 5.41) is 0. The van der Waals surface area contributed by atoms with E-state index in [0.29, 0.717) is 0 Å². The van der Waals surface area contributed by atoms with Gasteiger partial charge in [-0.25, -0.2) is 0 Å². The topological polar surface area (TPSA) is 4.93 Å². The van der Waals surface area contributed by atoms with Gasteiger partial charge in [-0.05, 0) is 25.0 Å². The lowest BCUT2D eigenvalue weighted by molar-refractivity contribution is 0.530. The van der Waals surface area contributed by atoms with Crippen molar-refractivity contribution in [3.8, 4) is 0 Å². The van der Waals surface area contributed by atoms with Crippen molar-refractivity contribution in [2.45, 2.75) is 91.0 Å². The summed E-state index contributed by atoms with van der Waals surface area (Å²) in [5.41, 5.74) is 1.48. The molecule has 1 aromatic rings. The molecule has 1 nitrogen and oxygen atoms in total. The van der Waals surface area contributed by atoms with Crippen LogP contribution in [0.15, 0.2) is 18.3 Å². The quantitative estimate of drug-likeness (QED) is 0.394. The van der Waals surface area contributed by atoms with Gasteiger partial charge in [-0.15, -0.1) is 12.4 Å². The molecule has 20 heavy (non-hydrogen) atoms. The summed E-state index contributed by atoms with van der Waals surface area (Å²) in [6, 6.07) is 4.42. The van der Waals surface area contributed by atoms with Gasteiger partial charge in [0.05, 0.1) is 0 Å². The summed E-state index contributed by atoms with van der Waals surface area (Å²) in [4.78, 5) is 0. The zero-order valence-electron chi connectivity index (χ0n) is 13.6. The van der Waals surface area contributed by atoms with Crippen LogP contribution in [0.4, 0.5) is 0 Å². The van der Waals surface area contributed by atoms with Crippen LogP contribution < -0.4 is 0 Å². The molecule has 118 valence electrons. The predicted octanol–water partition coefficient (Wildman–Crippen LogP) is 6.39. The molecular weight excluding hydrogens is 266 g/mol. The minimum Gasteiger partial charge on any atom is -0.351 e. The monoisotopic (exact) mass is 299 g/mol. The fraction of sp³-hybridized carbons (Fsp3) is 0.778. The van der Waals surface area contributed by atoms with Gasteiger partial charge in [-0.1, -0.05) is 71.6 Å². The van der Waals surface area contributed by atoms with Crippen LogP contribution >= 0.6 is 12.4 Å². The molecule has 1 rings (SSSR count). The zero-order valence-corrected chi connectivity index (χ0v) is 14.4. The van der Waals surface area contributed by atoms with E-state index in [1.807, 2.05) is 0 Å². The van der Waals surface area contributed by atoms with Crippen LogP contribution in [-0.2, 0) is 13.0 Å². The molecule has 0 aromatic carbocycles. The number of hydrogen-bond donors (Lipinski definition) is 0.